The van der Waals surface area contributed by atoms with Crippen molar-refractivity contribution >= 4 is 29.0 Å². The fourth-order valence-corrected chi connectivity index (χ4v) is 4.22. The Hall–Kier alpha value is -2.87. The molecule has 0 radical (unpaired) electrons. The van der Waals surface area contributed by atoms with Crippen LogP contribution in [0.15, 0.2) is 53.7 Å². The summed E-state index contributed by atoms with van der Waals surface area (Å²) in [6.07, 6.45) is 0. The Kier molecular flexibility index (Phi) is 7.68. The lowest BCUT2D eigenvalue weighted by Crippen LogP contribution is -2.23. The Labute approximate surface area is 186 Å². The molecule has 8 heteroatoms. The number of carbonyl (C=O) groups excluding carboxylic acids is 1. The van der Waals surface area contributed by atoms with Crippen molar-refractivity contribution < 1.29 is 9.18 Å². The molecule has 164 valence electrons. The molecule has 0 aliphatic carbocycles. The molecule has 0 aliphatic rings. The highest BCUT2D eigenvalue weighted by atomic mass is 32.2. The number of nitrogens with zero attached hydrogens (tertiary/aromatic N) is 4. The maximum absolute atomic E-state index is 13.4. The molecule has 1 atom stereocenters. The van der Waals surface area contributed by atoms with Crippen molar-refractivity contribution in [1.82, 2.24) is 14.8 Å². The molecule has 0 saturated heterocycles. The van der Waals surface area contributed by atoms with E-state index in [9.17, 15) is 9.18 Å². The summed E-state index contributed by atoms with van der Waals surface area (Å²) in [5.41, 5.74) is 2.59. The highest BCUT2D eigenvalue weighted by Gasteiger charge is 2.20. The van der Waals surface area contributed by atoms with Crippen molar-refractivity contribution in [3.05, 3.63) is 54.3 Å². The van der Waals surface area contributed by atoms with Crippen LogP contribution in [0.25, 0.3) is 11.4 Å². The second-order valence-electron chi connectivity index (χ2n) is 7.03. The lowest BCUT2D eigenvalue weighted by molar-refractivity contribution is -0.115. The summed E-state index contributed by atoms with van der Waals surface area (Å²) in [5, 5.41) is 11.7. The summed E-state index contributed by atoms with van der Waals surface area (Å²) in [5.74, 6) is 0.167. The molecule has 31 heavy (non-hydrogen) atoms. The number of hydrogen-bond acceptors (Lipinski definition) is 5. The number of benzene rings is 2. The van der Waals surface area contributed by atoms with Gasteiger partial charge in [0.1, 0.15) is 5.82 Å². The van der Waals surface area contributed by atoms with Crippen LogP contribution in [0.1, 0.15) is 27.7 Å². The number of thioether (sulfide) groups is 1. The van der Waals surface area contributed by atoms with Crippen LogP contribution in [0.4, 0.5) is 15.8 Å². The van der Waals surface area contributed by atoms with Gasteiger partial charge in [-0.2, -0.15) is 0 Å². The molecule has 1 heterocycles. The van der Waals surface area contributed by atoms with Gasteiger partial charge in [-0.05, 0) is 70.2 Å². The van der Waals surface area contributed by atoms with Gasteiger partial charge in [0, 0.05) is 36.6 Å². The van der Waals surface area contributed by atoms with Crippen LogP contribution in [0.5, 0.6) is 0 Å². The van der Waals surface area contributed by atoms with Gasteiger partial charge in [-0.25, -0.2) is 4.39 Å². The lowest BCUT2D eigenvalue weighted by Gasteiger charge is -2.21. The number of carbonyl (C=O) groups is 1. The monoisotopic (exact) mass is 441 g/mol. The predicted molar refractivity (Wildman–Crippen MR) is 125 cm³/mol. The van der Waals surface area contributed by atoms with E-state index in [0.717, 1.165) is 24.5 Å². The van der Waals surface area contributed by atoms with Gasteiger partial charge >= 0.3 is 0 Å². The maximum Gasteiger partial charge on any atom is 0.237 e. The number of hydrogen-bond donors (Lipinski definition) is 1. The summed E-state index contributed by atoms with van der Waals surface area (Å²) < 4.78 is 15.4. The zero-order valence-electron chi connectivity index (χ0n) is 18.3. The quantitative estimate of drug-likeness (QED) is 0.470. The van der Waals surface area contributed by atoms with Crippen molar-refractivity contribution in [3.8, 4) is 11.4 Å². The third kappa shape index (κ3) is 5.44. The van der Waals surface area contributed by atoms with E-state index in [-0.39, 0.29) is 11.7 Å². The Morgan fingerprint density at radius 3 is 2.45 bits per heavy atom. The first kappa shape index (κ1) is 22.8. The molecule has 0 bridgehead atoms. The molecule has 0 aliphatic heterocycles. The van der Waals surface area contributed by atoms with Crippen LogP contribution in [0.2, 0.25) is 0 Å². The summed E-state index contributed by atoms with van der Waals surface area (Å²) in [4.78, 5) is 14.8. The van der Waals surface area contributed by atoms with Crippen molar-refractivity contribution in [2.75, 3.05) is 23.3 Å². The summed E-state index contributed by atoms with van der Waals surface area (Å²) in [6, 6.07) is 14.2. The van der Waals surface area contributed by atoms with Crippen LogP contribution in [0.3, 0.4) is 0 Å². The first-order chi connectivity index (χ1) is 15.0. The SMILES string of the molecule is CCN(CC)c1ccc(-c2nnc(SC(C)C(=O)Nc3cccc(F)c3)n2CC)cc1. The molecule has 1 N–H and O–H groups in total. The molecule has 1 unspecified atom stereocenters. The molecule has 0 fully saturated rings. The number of halogens is 1. The Morgan fingerprint density at radius 1 is 1.13 bits per heavy atom. The molecule has 0 spiro atoms. The second kappa shape index (κ2) is 10.4. The minimum absolute atomic E-state index is 0.216. The van der Waals surface area contributed by atoms with Gasteiger partial charge in [0.2, 0.25) is 5.91 Å². The average Bonchev–Trinajstić information content (AvgIpc) is 3.17. The minimum Gasteiger partial charge on any atom is -0.372 e. The van der Waals surface area contributed by atoms with Gasteiger partial charge in [0.15, 0.2) is 11.0 Å². The zero-order valence-corrected chi connectivity index (χ0v) is 19.1. The van der Waals surface area contributed by atoms with E-state index in [2.05, 4.69) is 58.5 Å². The van der Waals surface area contributed by atoms with Crippen molar-refractivity contribution in [3.63, 3.8) is 0 Å². The Balaban J connectivity index is 1.74. The standard InChI is InChI=1S/C23H28FN5OS/c1-5-28(6-2)20-13-11-17(12-14-20)21-26-27-23(29(21)7-3)31-16(4)22(30)25-19-10-8-9-18(24)15-19/h8-16H,5-7H2,1-4H3,(H,25,30). The third-order valence-corrected chi connectivity index (χ3v) is 6.11. The van der Waals surface area contributed by atoms with Crippen LogP contribution in [0, 0.1) is 5.82 Å². The summed E-state index contributed by atoms with van der Waals surface area (Å²) >= 11 is 1.33. The topological polar surface area (TPSA) is 63.1 Å². The number of anilines is 2. The molecule has 6 nitrogen and oxygen atoms in total. The van der Waals surface area contributed by atoms with Gasteiger partial charge in [0.25, 0.3) is 0 Å². The average molecular weight is 442 g/mol. The largest absolute Gasteiger partial charge is 0.372 e. The van der Waals surface area contributed by atoms with E-state index < -0.39 is 5.25 Å². The second-order valence-corrected chi connectivity index (χ2v) is 8.34. The van der Waals surface area contributed by atoms with Gasteiger partial charge in [-0.3, -0.25) is 4.79 Å². The number of amides is 1. The van der Waals surface area contributed by atoms with E-state index in [4.69, 9.17) is 0 Å². The molecule has 1 aromatic heterocycles. The van der Waals surface area contributed by atoms with Crippen molar-refractivity contribution in [1.29, 1.82) is 0 Å². The van der Waals surface area contributed by atoms with Crippen LogP contribution in [-0.2, 0) is 11.3 Å². The lowest BCUT2D eigenvalue weighted by atomic mass is 10.2. The molecule has 3 rings (SSSR count). The van der Waals surface area contributed by atoms with E-state index in [1.807, 2.05) is 11.5 Å². The molecular weight excluding hydrogens is 413 g/mol. The van der Waals surface area contributed by atoms with Gasteiger partial charge in [0.05, 0.1) is 5.25 Å². The number of rotatable bonds is 9. The van der Waals surface area contributed by atoms with Crippen molar-refractivity contribution in [2.45, 2.75) is 44.6 Å². The van der Waals surface area contributed by atoms with Crippen LogP contribution < -0.4 is 10.2 Å². The van der Waals surface area contributed by atoms with Gasteiger partial charge < -0.3 is 14.8 Å². The third-order valence-electron chi connectivity index (χ3n) is 5.03. The highest BCUT2D eigenvalue weighted by molar-refractivity contribution is 8.00. The molecular formula is C23H28FN5OS. The molecule has 0 saturated carbocycles. The molecule has 1 amide bonds. The summed E-state index contributed by atoms with van der Waals surface area (Å²) in [7, 11) is 0. The minimum atomic E-state index is -0.421. The predicted octanol–water partition coefficient (Wildman–Crippen LogP) is 5.07. The van der Waals surface area contributed by atoms with Crippen LogP contribution in [-0.4, -0.2) is 39.0 Å². The van der Waals surface area contributed by atoms with Gasteiger partial charge in [-0.1, -0.05) is 17.8 Å². The fourth-order valence-electron chi connectivity index (χ4n) is 3.31. The zero-order chi connectivity index (χ0) is 22.4. The normalized spacial score (nSPS) is 11.9. The number of nitrogens with one attached hydrogen (secondary N) is 1. The van der Waals surface area contributed by atoms with E-state index in [0.29, 0.717) is 17.4 Å². The first-order valence-corrected chi connectivity index (χ1v) is 11.4. The highest BCUT2D eigenvalue weighted by Crippen LogP contribution is 2.28. The van der Waals surface area contributed by atoms with E-state index in [1.54, 1.807) is 19.1 Å². The Morgan fingerprint density at radius 2 is 1.84 bits per heavy atom. The van der Waals surface area contributed by atoms with Crippen molar-refractivity contribution in [2.24, 2.45) is 0 Å². The maximum atomic E-state index is 13.4. The smallest absolute Gasteiger partial charge is 0.237 e. The summed E-state index contributed by atoms with van der Waals surface area (Å²) in [6.45, 7) is 10.7. The molecule has 3 aromatic rings. The van der Waals surface area contributed by atoms with Gasteiger partial charge in [-0.15, -0.1) is 10.2 Å². The van der Waals surface area contributed by atoms with Crippen LogP contribution >= 0.6 is 11.8 Å². The van der Waals surface area contributed by atoms with E-state index >= 15 is 0 Å². The Bertz CT molecular complexity index is 1020. The first-order valence-electron chi connectivity index (χ1n) is 10.5. The number of aromatic nitrogens is 3. The van der Waals surface area contributed by atoms with E-state index in [1.165, 1.54) is 29.6 Å². The fraction of sp³-hybridized carbons (Fsp3) is 0.348. The molecule has 2 aromatic carbocycles.